The molecule has 0 amide bonds. The van der Waals surface area contributed by atoms with Crippen molar-refractivity contribution in [3.63, 3.8) is 0 Å². The number of hydrogen-bond acceptors (Lipinski definition) is 7. The Morgan fingerprint density at radius 1 is 1.24 bits per heavy atom. The van der Waals surface area contributed by atoms with Crippen molar-refractivity contribution in [2.45, 2.75) is 17.9 Å². The first-order valence-corrected chi connectivity index (χ1v) is 13.1. The molecule has 0 spiro atoms. The molecule has 13 heteroatoms. The quantitative estimate of drug-likeness (QED) is 0.320. The Labute approximate surface area is 222 Å². The zero-order valence-electron chi connectivity index (χ0n) is 20.0. The highest BCUT2D eigenvalue weighted by Crippen LogP contribution is 2.41. The average Bonchev–Trinajstić information content (AvgIpc) is 3.34. The van der Waals surface area contributed by atoms with Crippen LogP contribution in [0.1, 0.15) is 12.0 Å². The summed E-state index contributed by atoms with van der Waals surface area (Å²) >= 11 is 6.20. The Balaban J connectivity index is 1.79. The highest BCUT2D eigenvalue weighted by Gasteiger charge is 2.41. The van der Waals surface area contributed by atoms with Crippen molar-refractivity contribution in [1.29, 1.82) is 5.26 Å². The number of aliphatic hydroxyl groups excluding tert-OH is 1. The highest BCUT2D eigenvalue weighted by molar-refractivity contribution is 7.92. The van der Waals surface area contributed by atoms with E-state index in [0.29, 0.717) is 15.6 Å². The van der Waals surface area contributed by atoms with E-state index in [2.05, 4.69) is 4.98 Å². The number of anilines is 2. The van der Waals surface area contributed by atoms with Gasteiger partial charge in [0.25, 0.3) is 10.0 Å². The van der Waals surface area contributed by atoms with Gasteiger partial charge in [-0.1, -0.05) is 29.8 Å². The number of methoxy groups -OCH3 is 1. The van der Waals surface area contributed by atoms with Gasteiger partial charge in [0.2, 0.25) is 5.95 Å². The summed E-state index contributed by atoms with van der Waals surface area (Å²) in [5.41, 5.74) is -0.895. The van der Waals surface area contributed by atoms with E-state index < -0.39 is 61.9 Å². The lowest BCUT2D eigenvalue weighted by Crippen LogP contribution is -2.33. The molecule has 1 unspecified atom stereocenters. The first kappa shape index (κ1) is 27.5. The Kier molecular flexibility index (Phi) is 7.73. The SMILES string of the molecule is COc1ccc(CN(c2cccc(F)n2)S(=O)(=O)c2c(F)cc(N3CCC(C#N)(CO)C3)c(Cl)c2F)cc1. The summed E-state index contributed by atoms with van der Waals surface area (Å²) in [4.78, 5) is 3.68. The molecule has 1 atom stereocenters. The Hall–Kier alpha value is -3.53. The van der Waals surface area contributed by atoms with Crippen LogP contribution in [-0.4, -0.2) is 45.3 Å². The maximum atomic E-state index is 15.6. The van der Waals surface area contributed by atoms with E-state index >= 15 is 8.78 Å². The summed E-state index contributed by atoms with van der Waals surface area (Å²) in [6, 6.07) is 12.4. The molecule has 1 fully saturated rings. The Morgan fingerprint density at radius 3 is 2.53 bits per heavy atom. The first-order valence-electron chi connectivity index (χ1n) is 11.3. The lowest BCUT2D eigenvalue weighted by Gasteiger charge is -2.26. The lowest BCUT2D eigenvalue weighted by atomic mass is 9.90. The molecule has 2 heterocycles. The van der Waals surface area contributed by atoms with Crippen LogP contribution in [0, 0.1) is 34.3 Å². The highest BCUT2D eigenvalue weighted by atomic mass is 35.5. The molecular formula is C25H22ClF3N4O4S. The van der Waals surface area contributed by atoms with Gasteiger partial charge in [-0.2, -0.15) is 9.65 Å². The lowest BCUT2D eigenvalue weighted by molar-refractivity contribution is 0.192. The standard InChI is InChI=1S/C25H22ClF3N4O4S/c1-37-17-7-5-16(6-8-17)12-33(21-4-2-3-20(28)31-21)38(35,36)24-18(27)11-19(22(26)23(24)29)32-10-9-25(13-30,14-32)15-34/h2-8,11,34H,9-10,12,14-15H2,1H3. The summed E-state index contributed by atoms with van der Waals surface area (Å²) in [5.74, 6) is -3.88. The molecule has 0 saturated carbocycles. The van der Waals surface area contributed by atoms with E-state index in [1.165, 1.54) is 24.1 Å². The number of nitrogens with zero attached hydrogens (tertiary/aromatic N) is 4. The molecule has 200 valence electrons. The molecule has 1 N–H and O–H groups in total. The predicted octanol–water partition coefficient (Wildman–Crippen LogP) is 4.27. The summed E-state index contributed by atoms with van der Waals surface area (Å²) in [6.45, 7) is -0.790. The van der Waals surface area contributed by atoms with E-state index in [1.54, 1.807) is 24.3 Å². The van der Waals surface area contributed by atoms with Gasteiger partial charge >= 0.3 is 0 Å². The van der Waals surface area contributed by atoms with Crippen LogP contribution >= 0.6 is 11.6 Å². The number of rotatable bonds is 8. The van der Waals surface area contributed by atoms with Gasteiger partial charge in [0.1, 0.15) is 22.4 Å². The minimum Gasteiger partial charge on any atom is -0.497 e. The fourth-order valence-corrected chi connectivity index (χ4v) is 6.04. The van der Waals surface area contributed by atoms with Gasteiger partial charge in [-0.05, 0) is 36.2 Å². The van der Waals surface area contributed by atoms with Crippen molar-refractivity contribution in [2.24, 2.45) is 5.41 Å². The summed E-state index contributed by atoms with van der Waals surface area (Å²) in [6.07, 6.45) is 0.223. The van der Waals surface area contributed by atoms with Crippen molar-refractivity contribution in [3.8, 4) is 11.8 Å². The largest absolute Gasteiger partial charge is 0.497 e. The second-order valence-corrected chi connectivity index (χ2v) is 10.9. The zero-order valence-corrected chi connectivity index (χ0v) is 21.6. The number of benzene rings is 2. The smallest absolute Gasteiger partial charge is 0.271 e. The van der Waals surface area contributed by atoms with Crippen LogP contribution < -0.4 is 13.9 Å². The predicted molar refractivity (Wildman–Crippen MR) is 134 cm³/mol. The fourth-order valence-electron chi connectivity index (χ4n) is 4.20. The fraction of sp³-hybridized carbons (Fsp3) is 0.280. The van der Waals surface area contributed by atoms with Crippen molar-refractivity contribution in [1.82, 2.24) is 4.98 Å². The summed E-state index contributed by atoms with van der Waals surface area (Å²) in [7, 11) is -3.56. The second kappa shape index (κ2) is 10.7. The van der Waals surface area contributed by atoms with Gasteiger partial charge in [0.15, 0.2) is 10.7 Å². The van der Waals surface area contributed by atoms with Crippen LogP contribution in [0.4, 0.5) is 24.7 Å². The number of aliphatic hydroxyl groups is 1. The summed E-state index contributed by atoms with van der Waals surface area (Å²) in [5, 5.41) is 18.3. The second-order valence-electron chi connectivity index (χ2n) is 8.73. The maximum absolute atomic E-state index is 15.6. The monoisotopic (exact) mass is 566 g/mol. The van der Waals surface area contributed by atoms with Crippen LogP contribution in [0.5, 0.6) is 5.75 Å². The molecule has 8 nitrogen and oxygen atoms in total. The number of aromatic nitrogens is 1. The van der Waals surface area contributed by atoms with Crippen LogP contribution in [0.2, 0.25) is 5.02 Å². The topological polar surface area (TPSA) is 107 Å². The first-order chi connectivity index (χ1) is 18.0. The molecule has 1 aliphatic rings. The van der Waals surface area contributed by atoms with E-state index in [4.69, 9.17) is 16.3 Å². The number of nitriles is 1. The van der Waals surface area contributed by atoms with E-state index in [-0.39, 0.29) is 25.2 Å². The molecule has 1 aromatic heterocycles. The summed E-state index contributed by atoms with van der Waals surface area (Å²) < 4.78 is 78.1. The molecule has 2 aromatic carbocycles. The molecular weight excluding hydrogens is 545 g/mol. The van der Waals surface area contributed by atoms with E-state index in [9.17, 15) is 23.2 Å². The third kappa shape index (κ3) is 5.09. The van der Waals surface area contributed by atoms with Gasteiger partial charge in [-0.25, -0.2) is 26.5 Å². The number of pyridine rings is 1. The van der Waals surface area contributed by atoms with Gasteiger partial charge < -0.3 is 14.7 Å². The third-order valence-electron chi connectivity index (χ3n) is 6.32. The molecule has 3 aromatic rings. The molecule has 4 rings (SSSR count). The normalized spacial score (nSPS) is 17.3. The van der Waals surface area contributed by atoms with E-state index in [1.807, 2.05) is 6.07 Å². The van der Waals surface area contributed by atoms with Crippen LogP contribution in [0.3, 0.4) is 0 Å². The molecule has 38 heavy (non-hydrogen) atoms. The maximum Gasteiger partial charge on any atom is 0.271 e. The van der Waals surface area contributed by atoms with Gasteiger partial charge in [-0.3, -0.25) is 0 Å². The molecule has 0 bridgehead atoms. The third-order valence-corrected chi connectivity index (χ3v) is 8.47. The average molecular weight is 567 g/mol. The Morgan fingerprint density at radius 2 is 1.95 bits per heavy atom. The van der Waals surface area contributed by atoms with Crippen molar-refractivity contribution >= 4 is 33.1 Å². The van der Waals surface area contributed by atoms with Gasteiger partial charge in [0.05, 0.1) is 37.4 Å². The van der Waals surface area contributed by atoms with Crippen molar-refractivity contribution in [3.05, 3.63) is 76.7 Å². The number of halogens is 4. The molecule has 1 aliphatic heterocycles. The van der Waals surface area contributed by atoms with E-state index in [0.717, 1.165) is 12.1 Å². The minimum absolute atomic E-state index is 0.0541. The van der Waals surface area contributed by atoms with Crippen LogP contribution in [0.15, 0.2) is 53.4 Å². The zero-order chi connectivity index (χ0) is 27.7. The number of ether oxygens (including phenoxy) is 1. The van der Waals surface area contributed by atoms with Crippen LogP contribution in [-0.2, 0) is 16.6 Å². The van der Waals surface area contributed by atoms with Gasteiger partial charge in [-0.15, -0.1) is 0 Å². The molecule has 1 saturated heterocycles. The number of sulfonamides is 1. The minimum atomic E-state index is -5.01. The van der Waals surface area contributed by atoms with Crippen LogP contribution in [0.25, 0.3) is 0 Å². The molecule has 0 radical (unpaired) electrons. The van der Waals surface area contributed by atoms with Crippen molar-refractivity contribution < 1.29 is 31.4 Å². The number of hydrogen-bond donors (Lipinski definition) is 1. The van der Waals surface area contributed by atoms with Crippen molar-refractivity contribution in [2.75, 3.05) is 36.0 Å². The van der Waals surface area contributed by atoms with Gasteiger partial charge in [0, 0.05) is 19.2 Å². The Bertz CT molecular complexity index is 1500. The molecule has 0 aliphatic carbocycles.